The van der Waals surface area contributed by atoms with E-state index in [4.69, 9.17) is 9.47 Å². The summed E-state index contributed by atoms with van der Waals surface area (Å²) in [5.41, 5.74) is 6.05. The number of ketones is 1. The van der Waals surface area contributed by atoms with Crippen molar-refractivity contribution in [2.24, 2.45) is 0 Å². The summed E-state index contributed by atoms with van der Waals surface area (Å²) in [6.45, 7) is 5.00. The number of fused-ring (bicyclic) bond motifs is 1. The van der Waals surface area contributed by atoms with Crippen LogP contribution in [0.15, 0.2) is 48.7 Å². The number of rotatable bonds is 8. The van der Waals surface area contributed by atoms with E-state index in [9.17, 15) is 4.79 Å². The maximum absolute atomic E-state index is 12.6. The Hall–Kier alpha value is -3.34. The minimum Gasteiger partial charge on any atom is -0.496 e. The van der Waals surface area contributed by atoms with E-state index >= 15 is 0 Å². The standard InChI is InChI=1S/C26H28N2O3/c1-4-28-16-24(18(2)27-28)25(29)12-8-19-9-13-26(30-3)22(14-19)17-31-23-11-10-20-6-5-7-21(20)15-23/h8-16H,4-7,17H2,1-3H3/b12-8+. The molecule has 0 N–H and O–H groups in total. The Morgan fingerprint density at radius 1 is 1.16 bits per heavy atom. The van der Waals surface area contributed by atoms with Gasteiger partial charge in [-0.25, -0.2) is 0 Å². The molecule has 0 amide bonds. The number of carbonyl (C=O) groups is 1. The fraction of sp³-hybridized carbons (Fsp3) is 0.308. The zero-order valence-corrected chi connectivity index (χ0v) is 18.4. The van der Waals surface area contributed by atoms with Crippen molar-refractivity contribution in [3.8, 4) is 11.5 Å². The maximum Gasteiger partial charge on any atom is 0.189 e. The van der Waals surface area contributed by atoms with Gasteiger partial charge in [-0.2, -0.15) is 5.10 Å². The summed E-state index contributed by atoms with van der Waals surface area (Å²) in [5, 5.41) is 4.35. The molecule has 0 saturated heterocycles. The van der Waals surface area contributed by atoms with Crippen LogP contribution < -0.4 is 9.47 Å². The molecule has 0 aliphatic heterocycles. The van der Waals surface area contributed by atoms with Crippen molar-refractivity contribution in [2.75, 3.05) is 7.11 Å². The number of methoxy groups -OCH3 is 1. The van der Waals surface area contributed by atoms with Gasteiger partial charge < -0.3 is 9.47 Å². The van der Waals surface area contributed by atoms with E-state index in [-0.39, 0.29) is 5.78 Å². The molecule has 1 aliphatic carbocycles. The summed E-state index contributed by atoms with van der Waals surface area (Å²) in [6, 6.07) is 12.2. The average molecular weight is 417 g/mol. The van der Waals surface area contributed by atoms with Crippen LogP contribution in [-0.4, -0.2) is 22.7 Å². The van der Waals surface area contributed by atoms with Gasteiger partial charge in [0.15, 0.2) is 5.78 Å². The van der Waals surface area contributed by atoms with Gasteiger partial charge in [-0.05, 0) is 80.1 Å². The predicted molar refractivity (Wildman–Crippen MR) is 122 cm³/mol. The highest BCUT2D eigenvalue weighted by Gasteiger charge is 2.13. The molecule has 0 radical (unpaired) electrons. The first-order chi connectivity index (χ1) is 15.1. The van der Waals surface area contributed by atoms with Crippen LogP contribution in [0.1, 0.15) is 51.7 Å². The first-order valence-electron chi connectivity index (χ1n) is 10.8. The van der Waals surface area contributed by atoms with E-state index in [2.05, 4.69) is 17.2 Å². The highest BCUT2D eigenvalue weighted by atomic mass is 16.5. The zero-order chi connectivity index (χ0) is 21.8. The van der Waals surface area contributed by atoms with Crippen LogP contribution in [-0.2, 0) is 26.0 Å². The van der Waals surface area contributed by atoms with Crippen LogP contribution >= 0.6 is 0 Å². The lowest BCUT2D eigenvalue weighted by atomic mass is 10.1. The zero-order valence-electron chi connectivity index (χ0n) is 18.4. The number of benzene rings is 2. The van der Waals surface area contributed by atoms with Crippen molar-refractivity contribution >= 4 is 11.9 Å². The van der Waals surface area contributed by atoms with Crippen molar-refractivity contribution < 1.29 is 14.3 Å². The Morgan fingerprint density at radius 2 is 2.00 bits per heavy atom. The normalized spacial score (nSPS) is 12.9. The number of allylic oxidation sites excluding steroid dienone is 1. The lowest BCUT2D eigenvalue weighted by molar-refractivity contribution is 0.104. The molecular formula is C26H28N2O3. The summed E-state index contributed by atoms with van der Waals surface area (Å²) in [6.07, 6.45) is 8.72. The van der Waals surface area contributed by atoms with Gasteiger partial charge in [0.25, 0.3) is 0 Å². The molecule has 2 aromatic carbocycles. The van der Waals surface area contributed by atoms with Crippen LogP contribution in [0.4, 0.5) is 0 Å². The summed E-state index contributed by atoms with van der Waals surface area (Å²) in [7, 11) is 1.65. The number of aromatic nitrogens is 2. The molecule has 4 rings (SSSR count). The van der Waals surface area contributed by atoms with Crippen LogP contribution in [0.2, 0.25) is 0 Å². The fourth-order valence-corrected chi connectivity index (χ4v) is 4.00. The SMILES string of the molecule is CCn1cc(C(=O)/C=C/c2ccc(OC)c(COc3ccc4c(c3)CCC4)c2)c(C)n1. The molecule has 1 heterocycles. The minimum absolute atomic E-state index is 0.0519. The van der Waals surface area contributed by atoms with Crippen molar-refractivity contribution in [1.82, 2.24) is 9.78 Å². The lowest BCUT2D eigenvalue weighted by Crippen LogP contribution is -2.00. The third kappa shape index (κ3) is 4.71. The topological polar surface area (TPSA) is 53.4 Å². The van der Waals surface area contributed by atoms with E-state index in [1.165, 1.54) is 17.5 Å². The lowest BCUT2D eigenvalue weighted by Gasteiger charge is -2.12. The molecule has 31 heavy (non-hydrogen) atoms. The van der Waals surface area contributed by atoms with Crippen LogP contribution in [0, 0.1) is 6.92 Å². The van der Waals surface area contributed by atoms with Crippen molar-refractivity contribution in [3.63, 3.8) is 0 Å². The third-order valence-corrected chi connectivity index (χ3v) is 5.73. The first kappa shape index (κ1) is 20.9. The summed E-state index contributed by atoms with van der Waals surface area (Å²) >= 11 is 0. The Morgan fingerprint density at radius 3 is 2.77 bits per heavy atom. The molecule has 1 aliphatic rings. The smallest absolute Gasteiger partial charge is 0.189 e. The van der Waals surface area contributed by atoms with E-state index in [0.29, 0.717) is 12.2 Å². The van der Waals surface area contributed by atoms with Crippen molar-refractivity contribution in [2.45, 2.75) is 46.3 Å². The second-order valence-electron chi connectivity index (χ2n) is 7.83. The first-order valence-corrected chi connectivity index (χ1v) is 10.8. The molecule has 1 aromatic heterocycles. The Bertz CT molecular complexity index is 1130. The third-order valence-electron chi connectivity index (χ3n) is 5.73. The molecule has 5 nitrogen and oxygen atoms in total. The van der Waals surface area contributed by atoms with E-state index < -0.39 is 0 Å². The highest BCUT2D eigenvalue weighted by molar-refractivity contribution is 6.07. The summed E-state index contributed by atoms with van der Waals surface area (Å²) in [4.78, 5) is 12.6. The second kappa shape index (κ2) is 9.21. The molecule has 0 saturated carbocycles. The number of carbonyl (C=O) groups excluding carboxylic acids is 1. The highest BCUT2D eigenvalue weighted by Crippen LogP contribution is 2.28. The molecular weight excluding hydrogens is 388 g/mol. The minimum atomic E-state index is -0.0519. The number of nitrogens with zero attached hydrogens (tertiary/aromatic N) is 2. The Labute approximate surface area is 183 Å². The number of aryl methyl sites for hydroxylation is 4. The summed E-state index contributed by atoms with van der Waals surface area (Å²) < 4.78 is 13.3. The number of ether oxygens (including phenoxy) is 2. The Balaban J connectivity index is 1.48. The predicted octanol–water partition coefficient (Wildman–Crippen LogP) is 5.18. The molecule has 0 bridgehead atoms. The summed E-state index contributed by atoms with van der Waals surface area (Å²) in [5.74, 6) is 1.59. The molecule has 3 aromatic rings. The van der Waals surface area contributed by atoms with Crippen LogP contribution in [0.3, 0.4) is 0 Å². The van der Waals surface area contributed by atoms with E-state index in [0.717, 1.165) is 47.7 Å². The monoisotopic (exact) mass is 416 g/mol. The molecule has 0 atom stereocenters. The van der Waals surface area contributed by atoms with Gasteiger partial charge in [0, 0.05) is 18.3 Å². The van der Waals surface area contributed by atoms with Crippen LogP contribution in [0.5, 0.6) is 11.5 Å². The molecule has 0 unspecified atom stereocenters. The van der Waals surface area contributed by atoms with Gasteiger partial charge in [0.05, 0.1) is 18.4 Å². The van der Waals surface area contributed by atoms with Crippen LogP contribution in [0.25, 0.3) is 6.08 Å². The van der Waals surface area contributed by atoms with Gasteiger partial charge in [-0.3, -0.25) is 9.48 Å². The second-order valence-corrected chi connectivity index (χ2v) is 7.83. The van der Waals surface area contributed by atoms with E-state index in [1.807, 2.05) is 44.2 Å². The quantitative estimate of drug-likeness (QED) is 0.375. The van der Waals surface area contributed by atoms with Gasteiger partial charge in [0.1, 0.15) is 18.1 Å². The van der Waals surface area contributed by atoms with Crippen molar-refractivity contribution in [3.05, 3.63) is 82.2 Å². The van der Waals surface area contributed by atoms with Gasteiger partial charge in [-0.15, -0.1) is 0 Å². The van der Waals surface area contributed by atoms with Gasteiger partial charge in [-0.1, -0.05) is 18.2 Å². The number of hydrogen-bond acceptors (Lipinski definition) is 4. The largest absolute Gasteiger partial charge is 0.496 e. The Kier molecular flexibility index (Phi) is 6.21. The van der Waals surface area contributed by atoms with Gasteiger partial charge in [0.2, 0.25) is 0 Å². The van der Waals surface area contributed by atoms with E-state index in [1.54, 1.807) is 24.1 Å². The maximum atomic E-state index is 12.6. The molecule has 160 valence electrons. The number of hydrogen-bond donors (Lipinski definition) is 0. The average Bonchev–Trinajstić information content (AvgIpc) is 3.41. The molecule has 0 fully saturated rings. The molecule has 0 spiro atoms. The molecule has 5 heteroatoms. The fourth-order valence-electron chi connectivity index (χ4n) is 4.00. The van der Waals surface area contributed by atoms with Crippen molar-refractivity contribution in [1.29, 1.82) is 0 Å². The van der Waals surface area contributed by atoms with Gasteiger partial charge >= 0.3 is 0 Å².